The Morgan fingerprint density at radius 3 is 2.37 bits per heavy atom. The van der Waals surface area contributed by atoms with Crippen LogP contribution in [0.2, 0.25) is 0 Å². The van der Waals surface area contributed by atoms with Crippen molar-refractivity contribution in [3.63, 3.8) is 0 Å². The van der Waals surface area contributed by atoms with Gasteiger partial charge in [-0.1, -0.05) is 6.92 Å². The predicted molar refractivity (Wildman–Crippen MR) is 63.7 cm³/mol. The summed E-state index contributed by atoms with van der Waals surface area (Å²) in [5.41, 5.74) is 0.0317. The van der Waals surface area contributed by atoms with Crippen molar-refractivity contribution < 1.29 is 23.5 Å². The van der Waals surface area contributed by atoms with Crippen LogP contribution in [0.5, 0.6) is 0 Å². The molecule has 1 aliphatic carbocycles. The fraction of sp³-hybridized carbons (Fsp3) is 0.429. The van der Waals surface area contributed by atoms with Crippen LogP contribution < -0.4 is 0 Å². The van der Waals surface area contributed by atoms with E-state index in [0.29, 0.717) is 12.8 Å². The zero-order chi connectivity index (χ0) is 14.2. The van der Waals surface area contributed by atoms with Gasteiger partial charge in [0.1, 0.15) is 0 Å². The highest BCUT2D eigenvalue weighted by Crippen LogP contribution is 2.38. The van der Waals surface area contributed by atoms with Crippen molar-refractivity contribution in [3.05, 3.63) is 35.4 Å². The Bertz CT molecular complexity index is 527. The summed E-state index contributed by atoms with van der Waals surface area (Å²) in [4.78, 5) is 23.3. The van der Waals surface area contributed by atoms with Gasteiger partial charge in [0.25, 0.3) is 0 Å². The molecule has 1 saturated carbocycles. The van der Waals surface area contributed by atoms with Crippen LogP contribution in [-0.2, 0) is 4.79 Å². The fourth-order valence-corrected chi connectivity index (χ4v) is 2.72. The number of carbonyl (C=O) groups excluding carboxylic acids is 1. The summed E-state index contributed by atoms with van der Waals surface area (Å²) >= 11 is 0. The lowest BCUT2D eigenvalue weighted by atomic mass is 9.88. The number of rotatable bonds is 3. The number of hydrogen-bond acceptors (Lipinski definition) is 2. The number of carboxylic acids is 1. The first kappa shape index (κ1) is 13.6. The minimum absolute atomic E-state index is 0.0317. The van der Waals surface area contributed by atoms with Gasteiger partial charge in [-0.2, -0.15) is 0 Å². The van der Waals surface area contributed by atoms with Crippen LogP contribution in [0.4, 0.5) is 8.78 Å². The van der Waals surface area contributed by atoms with Crippen molar-refractivity contribution in [1.29, 1.82) is 0 Å². The van der Waals surface area contributed by atoms with Gasteiger partial charge in [-0.15, -0.1) is 0 Å². The average molecular weight is 268 g/mol. The molecule has 1 N–H and O–H groups in total. The number of carboxylic acid groups (broad SMARTS) is 1. The maximum atomic E-state index is 13.1. The van der Waals surface area contributed by atoms with Crippen LogP contribution in [-0.4, -0.2) is 16.9 Å². The molecule has 1 aromatic carbocycles. The molecule has 1 aromatic rings. The lowest BCUT2D eigenvalue weighted by molar-refractivity contribution is -0.142. The summed E-state index contributed by atoms with van der Waals surface area (Å²) in [7, 11) is 0. The van der Waals surface area contributed by atoms with Gasteiger partial charge in [0.2, 0.25) is 0 Å². The van der Waals surface area contributed by atoms with Gasteiger partial charge >= 0.3 is 5.97 Å². The number of ketones is 1. The molecule has 0 aliphatic heterocycles. The minimum atomic E-state index is -1.09. The predicted octanol–water partition coefficient (Wildman–Crippen LogP) is 2.89. The number of benzene rings is 1. The standard InChI is InChI=1S/C14H14F2O3/c1-7-4-9(10(5-7)14(18)19)13(17)8-2-3-11(15)12(16)6-8/h2-3,6-7,9-10H,4-5H2,1H3,(H,18,19). The first-order valence-electron chi connectivity index (χ1n) is 6.12. The van der Waals surface area contributed by atoms with E-state index in [2.05, 4.69) is 0 Å². The topological polar surface area (TPSA) is 54.4 Å². The van der Waals surface area contributed by atoms with Crippen molar-refractivity contribution in [2.45, 2.75) is 19.8 Å². The smallest absolute Gasteiger partial charge is 0.307 e. The van der Waals surface area contributed by atoms with Gasteiger partial charge < -0.3 is 5.11 Å². The molecule has 0 saturated heterocycles. The van der Waals surface area contributed by atoms with E-state index in [1.807, 2.05) is 6.92 Å². The second-order valence-corrected chi connectivity index (χ2v) is 5.12. The van der Waals surface area contributed by atoms with Gasteiger partial charge in [-0.3, -0.25) is 9.59 Å². The molecule has 0 heterocycles. The third-order valence-corrected chi connectivity index (χ3v) is 3.66. The number of Topliss-reactive ketones (excluding diaryl/α,β-unsaturated/α-hetero) is 1. The van der Waals surface area contributed by atoms with Crippen molar-refractivity contribution in [1.82, 2.24) is 0 Å². The molecule has 1 fully saturated rings. The van der Waals surface area contributed by atoms with Gasteiger partial charge in [0.05, 0.1) is 5.92 Å². The number of halogens is 2. The molecule has 19 heavy (non-hydrogen) atoms. The molecule has 0 aromatic heterocycles. The third kappa shape index (κ3) is 2.64. The highest BCUT2D eigenvalue weighted by atomic mass is 19.2. The van der Waals surface area contributed by atoms with Crippen LogP contribution >= 0.6 is 0 Å². The number of hydrogen-bond donors (Lipinski definition) is 1. The van der Waals surface area contributed by atoms with Gasteiger partial charge in [0, 0.05) is 11.5 Å². The maximum absolute atomic E-state index is 13.1. The Morgan fingerprint density at radius 1 is 1.16 bits per heavy atom. The van der Waals surface area contributed by atoms with Crippen LogP contribution in [0.15, 0.2) is 18.2 Å². The van der Waals surface area contributed by atoms with E-state index in [1.165, 1.54) is 6.07 Å². The molecule has 5 heteroatoms. The Balaban J connectivity index is 2.27. The minimum Gasteiger partial charge on any atom is -0.481 e. The molecule has 102 valence electrons. The molecule has 3 unspecified atom stereocenters. The van der Waals surface area contributed by atoms with E-state index in [0.717, 1.165) is 12.1 Å². The Hall–Kier alpha value is -1.78. The van der Waals surface area contributed by atoms with E-state index in [9.17, 15) is 18.4 Å². The molecule has 1 aliphatic rings. The van der Waals surface area contributed by atoms with Crippen molar-refractivity contribution in [2.75, 3.05) is 0 Å². The maximum Gasteiger partial charge on any atom is 0.307 e. The van der Waals surface area contributed by atoms with E-state index in [-0.39, 0.29) is 11.5 Å². The SMILES string of the molecule is CC1CC(C(=O)O)C(C(=O)c2ccc(F)c(F)c2)C1. The van der Waals surface area contributed by atoms with Gasteiger partial charge in [0.15, 0.2) is 17.4 Å². The summed E-state index contributed by atoms with van der Waals surface area (Å²) in [6.07, 6.45) is 0.907. The van der Waals surface area contributed by atoms with Crippen molar-refractivity contribution in [3.8, 4) is 0 Å². The zero-order valence-corrected chi connectivity index (χ0v) is 10.4. The first-order chi connectivity index (χ1) is 8.90. The summed E-state index contributed by atoms with van der Waals surface area (Å²) in [5, 5.41) is 9.11. The van der Waals surface area contributed by atoms with Crippen LogP contribution in [0.1, 0.15) is 30.1 Å². The van der Waals surface area contributed by atoms with Gasteiger partial charge in [-0.25, -0.2) is 8.78 Å². The monoisotopic (exact) mass is 268 g/mol. The normalized spacial score (nSPS) is 26.4. The second-order valence-electron chi connectivity index (χ2n) is 5.12. The zero-order valence-electron chi connectivity index (χ0n) is 10.4. The summed E-state index contributed by atoms with van der Waals surface area (Å²) < 4.78 is 25.9. The molecular formula is C14H14F2O3. The number of aliphatic carboxylic acids is 1. The van der Waals surface area contributed by atoms with Crippen LogP contribution in [0, 0.1) is 29.4 Å². The van der Waals surface area contributed by atoms with Gasteiger partial charge in [-0.05, 0) is 37.0 Å². The molecule has 0 amide bonds. The van der Waals surface area contributed by atoms with Crippen molar-refractivity contribution >= 4 is 11.8 Å². The Kier molecular flexibility index (Phi) is 3.64. The summed E-state index contributed by atoms with van der Waals surface area (Å²) in [5.74, 6) is -4.80. The molecule has 0 radical (unpaired) electrons. The Labute approximate surface area is 109 Å². The largest absolute Gasteiger partial charge is 0.481 e. The third-order valence-electron chi connectivity index (χ3n) is 3.66. The fourth-order valence-electron chi connectivity index (χ4n) is 2.72. The van der Waals surface area contributed by atoms with E-state index in [4.69, 9.17) is 5.11 Å². The second kappa shape index (κ2) is 5.07. The van der Waals surface area contributed by atoms with E-state index in [1.54, 1.807) is 0 Å². The summed E-state index contributed by atoms with van der Waals surface area (Å²) in [6.45, 7) is 1.88. The summed E-state index contributed by atoms with van der Waals surface area (Å²) in [6, 6.07) is 2.92. The molecule has 2 rings (SSSR count). The highest BCUT2D eigenvalue weighted by Gasteiger charge is 2.41. The average Bonchev–Trinajstić information content (AvgIpc) is 2.74. The lowest BCUT2D eigenvalue weighted by Crippen LogP contribution is -2.25. The number of carbonyl (C=O) groups is 2. The Morgan fingerprint density at radius 2 is 1.79 bits per heavy atom. The first-order valence-corrected chi connectivity index (χ1v) is 6.12. The van der Waals surface area contributed by atoms with E-state index < -0.39 is 35.2 Å². The highest BCUT2D eigenvalue weighted by molar-refractivity contribution is 6.00. The van der Waals surface area contributed by atoms with Crippen LogP contribution in [0.25, 0.3) is 0 Å². The molecule has 0 spiro atoms. The molecule has 0 bridgehead atoms. The van der Waals surface area contributed by atoms with E-state index >= 15 is 0 Å². The molecular weight excluding hydrogens is 254 g/mol. The molecule has 3 atom stereocenters. The lowest BCUT2D eigenvalue weighted by Gasteiger charge is -2.14. The van der Waals surface area contributed by atoms with Crippen LogP contribution in [0.3, 0.4) is 0 Å². The van der Waals surface area contributed by atoms with Crippen molar-refractivity contribution in [2.24, 2.45) is 17.8 Å². The molecule has 3 nitrogen and oxygen atoms in total. The quantitative estimate of drug-likeness (QED) is 0.857.